The zero-order valence-corrected chi connectivity index (χ0v) is 11.3. The molecule has 0 amide bonds. The highest BCUT2D eigenvalue weighted by Crippen LogP contribution is 2.26. The second-order valence-corrected chi connectivity index (χ2v) is 4.48. The molecule has 0 unspecified atom stereocenters. The van der Waals surface area contributed by atoms with Gasteiger partial charge in [0.1, 0.15) is 0 Å². The van der Waals surface area contributed by atoms with Gasteiger partial charge in [0, 0.05) is 0 Å². The predicted octanol–water partition coefficient (Wildman–Crippen LogP) is 3.49. The Hall–Kier alpha value is -2.33. The van der Waals surface area contributed by atoms with Crippen LogP contribution in [0.5, 0.6) is 0 Å². The quantitative estimate of drug-likeness (QED) is 0.879. The van der Waals surface area contributed by atoms with Crippen molar-refractivity contribution in [3.05, 3.63) is 58.6 Å². The standard InChI is InChI=1S/C15H11ClO4/c1-20-15(19)12-8-10(5-6-13(12)16)9-3-2-4-11(7-9)14(17)18/h2-8H,1H3,(H,17,18). The molecule has 5 heteroatoms. The first kappa shape index (κ1) is 14.1. The van der Waals surface area contributed by atoms with Crippen molar-refractivity contribution >= 4 is 23.5 Å². The van der Waals surface area contributed by atoms with Crippen LogP contribution < -0.4 is 0 Å². The van der Waals surface area contributed by atoms with Gasteiger partial charge in [0.05, 0.1) is 23.3 Å². The molecular weight excluding hydrogens is 280 g/mol. The molecule has 0 fully saturated rings. The van der Waals surface area contributed by atoms with Crippen LogP contribution in [-0.4, -0.2) is 24.2 Å². The largest absolute Gasteiger partial charge is 0.478 e. The summed E-state index contributed by atoms with van der Waals surface area (Å²) in [6.45, 7) is 0. The van der Waals surface area contributed by atoms with Crippen LogP contribution in [0.15, 0.2) is 42.5 Å². The van der Waals surface area contributed by atoms with Crippen molar-refractivity contribution in [2.75, 3.05) is 7.11 Å². The van der Waals surface area contributed by atoms with Gasteiger partial charge < -0.3 is 9.84 Å². The van der Waals surface area contributed by atoms with Crippen molar-refractivity contribution in [3.63, 3.8) is 0 Å². The van der Waals surface area contributed by atoms with Crippen molar-refractivity contribution in [3.8, 4) is 11.1 Å². The summed E-state index contributed by atoms with van der Waals surface area (Å²) in [6.07, 6.45) is 0. The van der Waals surface area contributed by atoms with Crippen LogP contribution in [0.4, 0.5) is 0 Å². The molecule has 102 valence electrons. The Bertz CT molecular complexity index is 679. The Morgan fingerprint density at radius 1 is 1.10 bits per heavy atom. The number of carboxylic acid groups (broad SMARTS) is 1. The first-order valence-corrected chi connectivity index (χ1v) is 6.12. The average molecular weight is 291 g/mol. The van der Waals surface area contributed by atoms with Crippen LogP contribution in [0, 0.1) is 0 Å². The van der Waals surface area contributed by atoms with Crippen molar-refractivity contribution in [2.45, 2.75) is 0 Å². The molecule has 2 aromatic rings. The molecule has 0 aliphatic rings. The number of hydrogen-bond donors (Lipinski definition) is 1. The topological polar surface area (TPSA) is 63.6 Å². The fourth-order valence-corrected chi connectivity index (χ4v) is 2.00. The summed E-state index contributed by atoms with van der Waals surface area (Å²) >= 11 is 5.94. The number of benzene rings is 2. The number of carbonyl (C=O) groups is 2. The normalized spacial score (nSPS) is 10.1. The molecule has 2 aromatic carbocycles. The van der Waals surface area contributed by atoms with E-state index in [0.717, 1.165) is 0 Å². The van der Waals surface area contributed by atoms with Gasteiger partial charge in [0.15, 0.2) is 0 Å². The Kier molecular flexibility index (Phi) is 4.05. The highest BCUT2D eigenvalue weighted by molar-refractivity contribution is 6.33. The molecule has 0 aromatic heterocycles. The van der Waals surface area contributed by atoms with E-state index >= 15 is 0 Å². The number of carbonyl (C=O) groups excluding carboxylic acids is 1. The number of halogens is 1. The molecule has 2 rings (SSSR count). The Balaban J connectivity index is 2.50. The van der Waals surface area contributed by atoms with Gasteiger partial charge in [-0.15, -0.1) is 0 Å². The molecule has 0 spiro atoms. The van der Waals surface area contributed by atoms with Gasteiger partial charge in [-0.1, -0.05) is 29.8 Å². The molecule has 0 heterocycles. The minimum atomic E-state index is -1.01. The molecule has 20 heavy (non-hydrogen) atoms. The molecule has 0 aliphatic heterocycles. The Labute approximate surface area is 120 Å². The van der Waals surface area contributed by atoms with E-state index in [1.165, 1.54) is 19.2 Å². The van der Waals surface area contributed by atoms with Gasteiger partial charge in [-0.05, 0) is 35.4 Å². The minimum Gasteiger partial charge on any atom is -0.478 e. The number of methoxy groups -OCH3 is 1. The highest BCUT2D eigenvalue weighted by Gasteiger charge is 2.12. The maximum atomic E-state index is 11.6. The van der Waals surface area contributed by atoms with Crippen molar-refractivity contribution in [1.82, 2.24) is 0 Å². The summed E-state index contributed by atoms with van der Waals surface area (Å²) in [5.41, 5.74) is 1.80. The molecule has 0 radical (unpaired) electrons. The minimum absolute atomic E-state index is 0.178. The highest BCUT2D eigenvalue weighted by atomic mass is 35.5. The van der Waals surface area contributed by atoms with Crippen molar-refractivity contribution in [2.24, 2.45) is 0 Å². The van der Waals surface area contributed by atoms with Gasteiger partial charge in [-0.25, -0.2) is 9.59 Å². The van der Waals surface area contributed by atoms with E-state index in [1.807, 2.05) is 0 Å². The maximum Gasteiger partial charge on any atom is 0.339 e. The summed E-state index contributed by atoms with van der Waals surface area (Å²) < 4.78 is 4.65. The van der Waals surface area contributed by atoms with Crippen molar-refractivity contribution < 1.29 is 19.4 Å². The zero-order chi connectivity index (χ0) is 14.7. The van der Waals surface area contributed by atoms with Crippen LogP contribution >= 0.6 is 11.6 Å². The fourth-order valence-electron chi connectivity index (χ4n) is 1.80. The molecule has 1 N–H and O–H groups in total. The third-order valence-electron chi connectivity index (χ3n) is 2.81. The van der Waals surface area contributed by atoms with E-state index in [1.54, 1.807) is 30.3 Å². The second kappa shape index (κ2) is 5.75. The summed E-state index contributed by atoms with van der Waals surface area (Å²) in [4.78, 5) is 22.6. The smallest absolute Gasteiger partial charge is 0.339 e. The van der Waals surface area contributed by atoms with Gasteiger partial charge in [-0.3, -0.25) is 0 Å². The third-order valence-corrected chi connectivity index (χ3v) is 3.14. The van der Waals surface area contributed by atoms with Crippen LogP contribution in [0.2, 0.25) is 5.02 Å². The van der Waals surface area contributed by atoms with Gasteiger partial charge in [0.2, 0.25) is 0 Å². The summed E-state index contributed by atoms with van der Waals surface area (Å²) in [7, 11) is 1.27. The van der Waals surface area contributed by atoms with Crippen molar-refractivity contribution in [1.29, 1.82) is 0 Å². The Morgan fingerprint density at radius 3 is 2.45 bits per heavy atom. The molecule has 0 bridgehead atoms. The fraction of sp³-hybridized carbons (Fsp3) is 0.0667. The first-order chi connectivity index (χ1) is 9.52. The third kappa shape index (κ3) is 2.81. The molecule has 0 saturated heterocycles. The van der Waals surface area contributed by atoms with Crippen LogP contribution in [-0.2, 0) is 4.74 Å². The van der Waals surface area contributed by atoms with E-state index < -0.39 is 11.9 Å². The summed E-state index contributed by atoms with van der Waals surface area (Å²) in [5, 5.41) is 9.27. The maximum absolute atomic E-state index is 11.6. The second-order valence-electron chi connectivity index (χ2n) is 4.07. The lowest BCUT2D eigenvalue weighted by atomic mass is 10.0. The lowest BCUT2D eigenvalue weighted by Gasteiger charge is -2.07. The average Bonchev–Trinajstić information content (AvgIpc) is 2.47. The first-order valence-electron chi connectivity index (χ1n) is 5.74. The zero-order valence-electron chi connectivity index (χ0n) is 10.6. The number of ether oxygens (including phenoxy) is 1. The number of aromatic carboxylic acids is 1. The number of hydrogen-bond acceptors (Lipinski definition) is 3. The van der Waals surface area contributed by atoms with Gasteiger partial charge in [-0.2, -0.15) is 0 Å². The lowest BCUT2D eigenvalue weighted by Crippen LogP contribution is -2.02. The SMILES string of the molecule is COC(=O)c1cc(-c2cccc(C(=O)O)c2)ccc1Cl. The van der Waals surface area contributed by atoms with Crippen LogP contribution in [0.3, 0.4) is 0 Å². The number of esters is 1. The number of carboxylic acids is 1. The van der Waals surface area contributed by atoms with E-state index in [-0.39, 0.29) is 16.1 Å². The Morgan fingerprint density at radius 2 is 1.80 bits per heavy atom. The molecule has 4 nitrogen and oxygen atoms in total. The molecule has 0 atom stereocenters. The lowest BCUT2D eigenvalue weighted by molar-refractivity contribution is 0.0600. The van der Waals surface area contributed by atoms with E-state index in [2.05, 4.69) is 4.74 Å². The van der Waals surface area contributed by atoms with Crippen LogP contribution in [0.1, 0.15) is 20.7 Å². The van der Waals surface area contributed by atoms with E-state index in [0.29, 0.717) is 11.1 Å². The molecular formula is C15H11ClO4. The van der Waals surface area contributed by atoms with Gasteiger partial charge in [0.25, 0.3) is 0 Å². The monoisotopic (exact) mass is 290 g/mol. The van der Waals surface area contributed by atoms with Gasteiger partial charge >= 0.3 is 11.9 Å². The summed E-state index contributed by atoms with van der Waals surface area (Å²) in [5.74, 6) is -1.54. The molecule has 0 aliphatic carbocycles. The predicted molar refractivity (Wildman–Crippen MR) is 75.2 cm³/mol. The van der Waals surface area contributed by atoms with E-state index in [9.17, 15) is 9.59 Å². The number of rotatable bonds is 3. The summed E-state index contributed by atoms with van der Waals surface area (Å²) in [6, 6.07) is 11.3. The van der Waals surface area contributed by atoms with E-state index in [4.69, 9.17) is 16.7 Å². The molecule has 0 saturated carbocycles. The van der Waals surface area contributed by atoms with Crippen LogP contribution in [0.25, 0.3) is 11.1 Å².